The van der Waals surface area contributed by atoms with Crippen LogP contribution in [0.4, 0.5) is 10.3 Å². The van der Waals surface area contributed by atoms with Crippen molar-refractivity contribution in [3.05, 3.63) is 82.3 Å². The number of thioether (sulfide) groups is 1. The van der Waals surface area contributed by atoms with Crippen molar-refractivity contribution in [1.29, 1.82) is 0 Å². The Bertz CT molecular complexity index is 1250. The summed E-state index contributed by atoms with van der Waals surface area (Å²) in [7, 11) is 0. The number of rotatable bonds is 5. The molecule has 0 fully saturated rings. The van der Waals surface area contributed by atoms with Crippen LogP contribution >= 0.6 is 11.8 Å². The van der Waals surface area contributed by atoms with Crippen molar-refractivity contribution < 1.29 is 19.1 Å². The first-order chi connectivity index (χ1) is 15.5. The number of halogens is 1. The van der Waals surface area contributed by atoms with Crippen LogP contribution in [0.5, 0.6) is 0 Å². The van der Waals surface area contributed by atoms with Crippen molar-refractivity contribution in [3.8, 4) is 0 Å². The van der Waals surface area contributed by atoms with Crippen molar-refractivity contribution in [2.45, 2.75) is 36.2 Å². The number of fused-ring (bicyclic) bond motifs is 1. The van der Waals surface area contributed by atoms with Gasteiger partial charge in [0.25, 0.3) is 0 Å². The van der Waals surface area contributed by atoms with E-state index >= 15 is 0 Å². The molecule has 5 rings (SSSR count). The lowest BCUT2D eigenvalue weighted by molar-refractivity contribution is -0.116. The van der Waals surface area contributed by atoms with E-state index in [1.807, 2.05) is 0 Å². The summed E-state index contributed by atoms with van der Waals surface area (Å²) in [6.07, 6.45) is 1.96. The summed E-state index contributed by atoms with van der Waals surface area (Å²) in [6, 6.07) is 12.6. The van der Waals surface area contributed by atoms with Gasteiger partial charge in [-0.25, -0.2) is 13.9 Å². The Morgan fingerprint density at radius 3 is 2.72 bits per heavy atom. The van der Waals surface area contributed by atoms with Gasteiger partial charge in [-0.05, 0) is 42.2 Å². The third kappa shape index (κ3) is 3.69. The number of Topliss-reactive ketones (excluding diaryl/α,β-unsaturated/α-hetero) is 1. The van der Waals surface area contributed by atoms with Crippen molar-refractivity contribution >= 4 is 29.5 Å². The lowest BCUT2D eigenvalue weighted by Crippen LogP contribution is -2.31. The lowest BCUT2D eigenvalue weighted by atomic mass is 9.85. The molecule has 1 aliphatic carbocycles. The van der Waals surface area contributed by atoms with Crippen LogP contribution in [0.25, 0.3) is 0 Å². The maximum atomic E-state index is 14.0. The van der Waals surface area contributed by atoms with Crippen LogP contribution in [0.3, 0.4) is 0 Å². The van der Waals surface area contributed by atoms with Crippen molar-refractivity contribution in [1.82, 2.24) is 14.8 Å². The molecule has 1 aromatic heterocycles. The Morgan fingerprint density at radius 2 is 1.97 bits per heavy atom. The van der Waals surface area contributed by atoms with E-state index in [0.29, 0.717) is 34.4 Å². The summed E-state index contributed by atoms with van der Waals surface area (Å²) in [5, 5.41) is 17.6. The molecule has 2 N–H and O–H groups in total. The van der Waals surface area contributed by atoms with Gasteiger partial charge in [-0.1, -0.05) is 42.1 Å². The molecule has 7 nitrogen and oxygen atoms in total. The molecule has 1 atom stereocenters. The molecule has 2 heterocycles. The first kappa shape index (κ1) is 20.4. The molecule has 2 aliphatic rings. The van der Waals surface area contributed by atoms with Crippen LogP contribution < -0.4 is 5.32 Å². The van der Waals surface area contributed by atoms with Crippen LogP contribution in [0, 0.1) is 5.82 Å². The highest BCUT2D eigenvalue weighted by molar-refractivity contribution is 7.98. The number of benzene rings is 2. The Labute approximate surface area is 187 Å². The molecule has 0 saturated carbocycles. The first-order valence-corrected chi connectivity index (χ1v) is 11.2. The molecule has 1 aliphatic heterocycles. The second-order valence-corrected chi connectivity index (χ2v) is 8.61. The number of carbonyl (C=O) groups is 2. The second kappa shape index (κ2) is 8.23. The van der Waals surface area contributed by atoms with Gasteiger partial charge in [0.05, 0.1) is 5.56 Å². The zero-order chi connectivity index (χ0) is 22.2. The number of ketones is 1. The van der Waals surface area contributed by atoms with E-state index < -0.39 is 12.0 Å². The number of allylic oxidation sites excluding steroid dienone is 2. The summed E-state index contributed by atoms with van der Waals surface area (Å²) >= 11 is 1.31. The summed E-state index contributed by atoms with van der Waals surface area (Å²) in [6.45, 7) is 0. The predicted molar refractivity (Wildman–Crippen MR) is 117 cm³/mol. The van der Waals surface area contributed by atoms with Crippen molar-refractivity contribution in [2.24, 2.45) is 0 Å². The average Bonchev–Trinajstić information content (AvgIpc) is 3.20. The Hall–Kier alpha value is -3.46. The highest BCUT2D eigenvalue weighted by atomic mass is 32.2. The lowest BCUT2D eigenvalue weighted by Gasteiger charge is -2.32. The summed E-state index contributed by atoms with van der Waals surface area (Å²) in [4.78, 5) is 28.7. The highest BCUT2D eigenvalue weighted by Gasteiger charge is 2.36. The number of anilines is 1. The minimum atomic E-state index is -1.01. The molecular formula is C23H19FN4O3S. The van der Waals surface area contributed by atoms with Gasteiger partial charge in [0, 0.05) is 23.4 Å². The minimum Gasteiger partial charge on any atom is -0.478 e. The number of carbonyl (C=O) groups excluding carboxylic acids is 1. The molecule has 0 saturated heterocycles. The van der Waals surface area contributed by atoms with Crippen LogP contribution in [0.15, 0.2) is 65.0 Å². The molecule has 3 aromatic rings. The number of nitrogens with zero attached hydrogens (tertiary/aromatic N) is 3. The molecule has 32 heavy (non-hydrogen) atoms. The molecule has 162 valence electrons. The fourth-order valence-electron chi connectivity index (χ4n) is 4.07. The Morgan fingerprint density at radius 1 is 1.19 bits per heavy atom. The van der Waals surface area contributed by atoms with Gasteiger partial charge in [0.2, 0.25) is 11.1 Å². The minimum absolute atomic E-state index is 0.0489. The zero-order valence-corrected chi connectivity index (χ0v) is 17.7. The number of aromatic carboxylic acids is 1. The topological polar surface area (TPSA) is 97.1 Å². The van der Waals surface area contributed by atoms with Crippen LogP contribution in [-0.4, -0.2) is 31.6 Å². The number of hydrogen-bond donors (Lipinski definition) is 2. The van der Waals surface area contributed by atoms with Crippen LogP contribution in [0.2, 0.25) is 0 Å². The van der Waals surface area contributed by atoms with E-state index in [4.69, 9.17) is 0 Å². The number of carboxylic acids is 1. The van der Waals surface area contributed by atoms with E-state index in [0.717, 1.165) is 24.1 Å². The van der Waals surface area contributed by atoms with Gasteiger partial charge >= 0.3 is 5.97 Å². The molecule has 0 amide bonds. The Balaban J connectivity index is 1.51. The quantitative estimate of drug-likeness (QED) is 0.555. The summed E-state index contributed by atoms with van der Waals surface area (Å²) in [5.74, 6) is -0.347. The van der Waals surface area contributed by atoms with Gasteiger partial charge in [-0.3, -0.25) is 4.79 Å². The molecule has 9 heteroatoms. The SMILES string of the molecule is O=C1CCCC2=C1C(c1ccc(C(=O)O)cc1)n1nc(SCc3ccccc3F)nc1N2. The normalized spacial score (nSPS) is 17.5. The van der Waals surface area contributed by atoms with Gasteiger partial charge in [-0.2, -0.15) is 4.98 Å². The largest absolute Gasteiger partial charge is 0.478 e. The zero-order valence-electron chi connectivity index (χ0n) is 16.9. The number of hydrogen-bond acceptors (Lipinski definition) is 6. The van der Waals surface area contributed by atoms with E-state index in [2.05, 4.69) is 15.4 Å². The van der Waals surface area contributed by atoms with E-state index in [9.17, 15) is 19.1 Å². The molecule has 1 unspecified atom stereocenters. The standard InChI is InChI=1S/C23H19FN4O3S/c24-16-5-2-1-4-15(16)12-32-23-26-22-25-17-6-3-7-18(29)19(17)20(28(22)27-23)13-8-10-14(11-9-13)21(30)31/h1-2,4-5,8-11,20H,3,6-7,12H2,(H,30,31)(H,25,26,27). The average molecular weight is 450 g/mol. The monoisotopic (exact) mass is 450 g/mol. The molecule has 0 spiro atoms. The van der Waals surface area contributed by atoms with Crippen molar-refractivity contribution in [2.75, 3.05) is 5.32 Å². The predicted octanol–water partition coefficient (Wildman–Crippen LogP) is 4.43. The second-order valence-electron chi connectivity index (χ2n) is 7.67. The number of nitrogens with one attached hydrogen (secondary N) is 1. The molecule has 2 aromatic carbocycles. The first-order valence-electron chi connectivity index (χ1n) is 10.2. The van der Waals surface area contributed by atoms with E-state index in [1.165, 1.54) is 30.0 Å². The fraction of sp³-hybridized carbons (Fsp3) is 0.217. The molecular weight excluding hydrogens is 431 g/mol. The van der Waals surface area contributed by atoms with Crippen LogP contribution in [0.1, 0.15) is 46.8 Å². The van der Waals surface area contributed by atoms with E-state index in [1.54, 1.807) is 35.0 Å². The van der Waals surface area contributed by atoms with Gasteiger partial charge in [0.15, 0.2) is 5.78 Å². The summed E-state index contributed by atoms with van der Waals surface area (Å²) < 4.78 is 15.6. The molecule has 0 bridgehead atoms. The highest BCUT2D eigenvalue weighted by Crippen LogP contribution is 2.40. The third-order valence-electron chi connectivity index (χ3n) is 5.64. The van der Waals surface area contributed by atoms with E-state index in [-0.39, 0.29) is 17.2 Å². The maximum Gasteiger partial charge on any atom is 0.335 e. The maximum absolute atomic E-state index is 14.0. The van der Waals surface area contributed by atoms with Crippen LogP contribution in [-0.2, 0) is 10.5 Å². The van der Waals surface area contributed by atoms with Gasteiger partial charge in [0.1, 0.15) is 11.9 Å². The van der Waals surface area contributed by atoms with Gasteiger partial charge < -0.3 is 10.4 Å². The summed E-state index contributed by atoms with van der Waals surface area (Å²) in [5.41, 5.74) is 2.97. The number of carboxylic acid groups (broad SMARTS) is 1. The Kier molecular flexibility index (Phi) is 5.26. The third-order valence-corrected chi connectivity index (χ3v) is 6.52. The number of aromatic nitrogens is 3. The smallest absolute Gasteiger partial charge is 0.335 e. The fourth-order valence-corrected chi connectivity index (χ4v) is 4.89. The van der Waals surface area contributed by atoms with Crippen molar-refractivity contribution in [3.63, 3.8) is 0 Å². The van der Waals surface area contributed by atoms with Gasteiger partial charge in [-0.15, -0.1) is 5.10 Å². The molecule has 0 radical (unpaired) electrons.